The highest BCUT2D eigenvalue weighted by Gasteiger charge is 2.14. The van der Waals surface area contributed by atoms with E-state index in [0.717, 1.165) is 13.0 Å². The molecule has 0 aromatic rings. The van der Waals surface area contributed by atoms with Crippen LogP contribution in [0.5, 0.6) is 0 Å². The minimum absolute atomic E-state index is 0.144. The predicted octanol–water partition coefficient (Wildman–Crippen LogP) is 2.81. The van der Waals surface area contributed by atoms with Gasteiger partial charge in [-0.1, -0.05) is 27.7 Å². The topological polar surface area (TPSA) is 35.2 Å². The Morgan fingerprint density at radius 2 is 1.69 bits per heavy atom. The van der Waals surface area contributed by atoms with Crippen LogP contribution < -0.4 is 5.73 Å². The van der Waals surface area contributed by atoms with Gasteiger partial charge in [0.2, 0.25) is 0 Å². The van der Waals surface area contributed by atoms with Gasteiger partial charge < -0.3 is 10.5 Å². The molecule has 0 amide bonds. The van der Waals surface area contributed by atoms with E-state index in [1.165, 1.54) is 0 Å². The van der Waals surface area contributed by atoms with E-state index in [1.54, 1.807) is 0 Å². The molecule has 2 heteroatoms. The van der Waals surface area contributed by atoms with Crippen LogP contribution in [0.1, 0.15) is 48.0 Å². The van der Waals surface area contributed by atoms with E-state index >= 15 is 0 Å². The molecule has 0 aromatic heterocycles. The molecule has 0 spiro atoms. The van der Waals surface area contributed by atoms with Crippen LogP contribution in [0.25, 0.3) is 0 Å². The summed E-state index contributed by atoms with van der Waals surface area (Å²) in [4.78, 5) is 0. The Bertz CT molecular complexity index is 100. The Kier molecular flexibility index (Phi) is 10.1. The average Bonchev–Trinajstić information content (AvgIpc) is 2.07. The lowest BCUT2D eigenvalue weighted by atomic mass is 10.1. The second-order valence-corrected chi connectivity index (χ2v) is 3.99. The van der Waals surface area contributed by atoms with Gasteiger partial charge in [0.05, 0.1) is 5.60 Å². The summed E-state index contributed by atoms with van der Waals surface area (Å²) in [7, 11) is 0. The minimum atomic E-state index is -0.144. The molecule has 0 bridgehead atoms. The van der Waals surface area contributed by atoms with Gasteiger partial charge in [0.1, 0.15) is 0 Å². The molecule has 0 aromatic carbocycles. The summed E-state index contributed by atoms with van der Waals surface area (Å²) in [6.07, 6.45) is 1.11. The summed E-state index contributed by atoms with van der Waals surface area (Å²) in [6.45, 7) is 13.8. The first-order chi connectivity index (χ1) is 5.98. The first kappa shape index (κ1) is 15.4. The highest BCUT2D eigenvalue weighted by atomic mass is 16.5. The Morgan fingerprint density at radius 1 is 1.23 bits per heavy atom. The quantitative estimate of drug-likeness (QED) is 0.722. The van der Waals surface area contributed by atoms with Crippen molar-refractivity contribution in [3.05, 3.63) is 0 Å². The third kappa shape index (κ3) is 11.9. The number of hydrogen-bond donors (Lipinski definition) is 1. The summed E-state index contributed by atoms with van der Waals surface area (Å²) in [6, 6.07) is 0. The van der Waals surface area contributed by atoms with Gasteiger partial charge in [-0.15, -0.1) is 0 Å². The van der Waals surface area contributed by atoms with Crippen LogP contribution in [0.4, 0.5) is 0 Å². The monoisotopic (exact) mass is 189 g/mol. The molecule has 82 valence electrons. The first-order valence-corrected chi connectivity index (χ1v) is 5.32. The largest absolute Gasteiger partial charge is 0.374 e. The van der Waals surface area contributed by atoms with Crippen LogP contribution in [0.3, 0.4) is 0 Å². The van der Waals surface area contributed by atoms with Crippen LogP contribution in [0, 0.1) is 5.92 Å². The first-order valence-electron chi connectivity index (χ1n) is 5.32. The smallest absolute Gasteiger partial charge is 0.0748 e. The van der Waals surface area contributed by atoms with E-state index < -0.39 is 0 Å². The van der Waals surface area contributed by atoms with E-state index in [9.17, 15) is 0 Å². The maximum absolute atomic E-state index is 5.56. The summed E-state index contributed by atoms with van der Waals surface area (Å²) in [5.41, 5.74) is 5.35. The van der Waals surface area contributed by atoms with E-state index in [-0.39, 0.29) is 5.60 Å². The van der Waals surface area contributed by atoms with E-state index in [1.807, 2.05) is 27.7 Å². The van der Waals surface area contributed by atoms with Gasteiger partial charge in [0.25, 0.3) is 0 Å². The van der Waals surface area contributed by atoms with E-state index in [2.05, 4.69) is 13.8 Å². The van der Waals surface area contributed by atoms with Gasteiger partial charge >= 0.3 is 0 Å². The van der Waals surface area contributed by atoms with Crippen LogP contribution >= 0.6 is 0 Å². The molecule has 0 aliphatic rings. The average molecular weight is 189 g/mol. The maximum atomic E-state index is 5.56. The molecular weight excluding hydrogens is 162 g/mol. The maximum Gasteiger partial charge on any atom is 0.0748 e. The Balaban J connectivity index is 0. The third-order valence-electron chi connectivity index (χ3n) is 1.68. The summed E-state index contributed by atoms with van der Waals surface area (Å²) >= 11 is 0. The molecule has 0 saturated carbocycles. The second kappa shape index (κ2) is 8.52. The van der Waals surface area contributed by atoms with E-state index in [0.29, 0.717) is 12.5 Å². The van der Waals surface area contributed by atoms with Crippen molar-refractivity contribution in [2.45, 2.75) is 53.6 Å². The number of rotatable bonds is 5. The standard InChI is InChI=1S/C9H21NO.C2H6/c1-8(2)5-6-11-9(3,4)7-10;1-2/h8H,5-7,10H2,1-4H3;1-2H3. The number of hydrogen-bond acceptors (Lipinski definition) is 2. The van der Waals surface area contributed by atoms with Crippen molar-refractivity contribution >= 4 is 0 Å². The molecule has 0 aliphatic heterocycles. The van der Waals surface area contributed by atoms with Crippen molar-refractivity contribution in [1.29, 1.82) is 0 Å². The van der Waals surface area contributed by atoms with Crippen molar-refractivity contribution in [3.8, 4) is 0 Å². The minimum Gasteiger partial charge on any atom is -0.374 e. The molecule has 2 N–H and O–H groups in total. The van der Waals surface area contributed by atoms with Crippen molar-refractivity contribution in [2.75, 3.05) is 13.2 Å². The zero-order valence-corrected chi connectivity index (χ0v) is 10.2. The van der Waals surface area contributed by atoms with Gasteiger partial charge in [-0.05, 0) is 26.2 Å². The molecule has 0 radical (unpaired) electrons. The normalized spacial score (nSPS) is 11.1. The molecular formula is C11H27NO. The van der Waals surface area contributed by atoms with E-state index in [4.69, 9.17) is 10.5 Å². The zero-order valence-electron chi connectivity index (χ0n) is 10.2. The lowest BCUT2D eigenvalue weighted by molar-refractivity contribution is -0.0150. The van der Waals surface area contributed by atoms with Crippen LogP contribution in [0.15, 0.2) is 0 Å². The SMILES string of the molecule is CC.CC(C)CCOC(C)(C)CN. The van der Waals surface area contributed by atoms with Crippen molar-refractivity contribution < 1.29 is 4.74 Å². The zero-order chi connectivity index (χ0) is 10.9. The van der Waals surface area contributed by atoms with Crippen molar-refractivity contribution in [1.82, 2.24) is 0 Å². The molecule has 0 fully saturated rings. The predicted molar refractivity (Wildman–Crippen MR) is 59.9 cm³/mol. The molecule has 0 rings (SSSR count). The molecule has 0 atom stereocenters. The Hall–Kier alpha value is -0.0800. The summed E-state index contributed by atoms with van der Waals surface area (Å²) in [5.74, 6) is 0.712. The lowest BCUT2D eigenvalue weighted by Gasteiger charge is -2.23. The molecule has 0 aliphatic carbocycles. The van der Waals surface area contributed by atoms with Gasteiger partial charge in [0.15, 0.2) is 0 Å². The van der Waals surface area contributed by atoms with Crippen molar-refractivity contribution in [2.24, 2.45) is 11.7 Å². The van der Waals surface area contributed by atoms with Gasteiger partial charge in [-0.2, -0.15) is 0 Å². The summed E-state index contributed by atoms with van der Waals surface area (Å²) < 4.78 is 5.56. The fraction of sp³-hybridized carbons (Fsp3) is 1.00. The van der Waals surface area contributed by atoms with Crippen LogP contribution in [0.2, 0.25) is 0 Å². The number of nitrogens with two attached hydrogens (primary N) is 1. The van der Waals surface area contributed by atoms with Crippen molar-refractivity contribution in [3.63, 3.8) is 0 Å². The fourth-order valence-corrected chi connectivity index (χ4v) is 0.630. The molecule has 13 heavy (non-hydrogen) atoms. The molecule has 0 unspecified atom stereocenters. The second-order valence-electron chi connectivity index (χ2n) is 3.99. The Labute approximate surface area is 83.8 Å². The fourth-order valence-electron chi connectivity index (χ4n) is 0.630. The highest BCUT2D eigenvalue weighted by Crippen LogP contribution is 2.08. The van der Waals surface area contributed by atoms with Crippen LogP contribution in [-0.4, -0.2) is 18.8 Å². The van der Waals surface area contributed by atoms with Gasteiger partial charge in [-0.3, -0.25) is 0 Å². The highest BCUT2D eigenvalue weighted by molar-refractivity contribution is 4.68. The van der Waals surface area contributed by atoms with Crippen LogP contribution in [-0.2, 0) is 4.74 Å². The van der Waals surface area contributed by atoms with Gasteiger partial charge in [0, 0.05) is 13.2 Å². The third-order valence-corrected chi connectivity index (χ3v) is 1.68. The number of ether oxygens (including phenoxy) is 1. The summed E-state index contributed by atoms with van der Waals surface area (Å²) in [5, 5.41) is 0. The molecule has 2 nitrogen and oxygen atoms in total. The lowest BCUT2D eigenvalue weighted by Crippen LogP contribution is -2.34. The van der Waals surface area contributed by atoms with Gasteiger partial charge in [-0.25, -0.2) is 0 Å². The Morgan fingerprint density at radius 3 is 2.00 bits per heavy atom. The molecule has 0 saturated heterocycles. The molecule has 0 heterocycles.